The monoisotopic (exact) mass is 321 g/mol. The van der Waals surface area contributed by atoms with E-state index in [9.17, 15) is 15.0 Å². The number of hydrogen-bond donors (Lipinski definition) is 2. The van der Waals surface area contributed by atoms with Crippen LogP contribution in [0.15, 0.2) is 36.9 Å². The molecular weight excluding hydrogens is 294 g/mol. The van der Waals surface area contributed by atoms with E-state index in [1.807, 2.05) is 45.0 Å². The Balaban J connectivity index is 2.76. The van der Waals surface area contributed by atoms with Gasteiger partial charge in [-0.25, -0.2) is 4.79 Å². The zero-order valence-corrected chi connectivity index (χ0v) is 14.2. The average molecular weight is 321 g/mol. The molecule has 0 aliphatic carbocycles. The summed E-state index contributed by atoms with van der Waals surface area (Å²) in [6.45, 7) is 9.85. The molecule has 0 radical (unpaired) electrons. The molecule has 1 aromatic rings. The van der Waals surface area contributed by atoms with Crippen molar-refractivity contribution in [3.8, 4) is 0 Å². The molecule has 1 atom stereocenters. The highest BCUT2D eigenvalue weighted by atomic mass is 16.5. The van der Waals surface area contributed by atoms with Gasteiger partial charge in [0, 0.05) is 5.54 Å². The molecule has 2 N–H and O–H groups in total. The third-order valence-corrected chi connectivity index (χ3v) is 3.59. The van der Waals surface area contributed by atoms with E-state index in [1.54, 1.807) is 6.08 Å². The number of ether oxygens (including phenoxy) is 1. The van der Waals surface area contributed by atoms with E-state index in [4.69, 9.17) is 4.74 Å². The number of aliphatic hydroxyl groups is 1. The summed E-state index contributed by atoms with van der Waals surface area (Å²) in [5.41, 5.74) is 1.20. The van der Waals surface area contributed by atoms with Crippen LogP contribution in [0.1, 0.15) is 38.3 Å². The summed E-state index contributed by atoms with van der Waals surface area (Å²) in [6.07, 6.45) is 1.26. The van der Waals surface area contributed by atoms with E-state index >= 15 is 0 Å². The molecule has 0 spiro atoms. The first-order valence-corrected chi connectivity index (χ1v) is 7.69. The fraction of sp³-hybridized carbons (Fsp3) is 0.500. The fourth-order valence-corrected chi connectivity index (χ4v) is 2.59. The van der Waals surface area contributed by atoms with Crippen LogP contribution < -0.4 is 0 Å². The predicted octanol–water partition coefficient (Wildman–Crippen LogP) is 3.42. The molecule has 0 aliphatic heterocycles. The zero-order valence-electron chi connectivity index (χ0n) is 14.2. The van der Waals surface area contributed by atoms with Gasteiger partial charge < -0.3 is 14.9 Å². The van der Waals surface area contributed by atoms with Gasteiger partial charge in [0.05, 0.1) is 25.9 Å². The summed E-state index contributed by atoms with van der Waals surface area (Å²) in [7, 11) is 0. The molecule has 0 fully saturated rings. The van der Waals surface area contributed by atoms with E-state index in [-0.39, 0.29) is 19.3 Å². The Morgan fingerprint density at radius 3 is 2.43 bits per heavy atom. The van der Waals surface area contributed by atoms with Gasteiger partial charge >= 0.3 is 6.09 Å². The Morgan fingerprint density at radius 1 is 1.35 bits per heavy atom. The van der Waals surface area contributed by atoms with Crippen molar-refractivity contribution in [1.29, 1.82) is 0 Å². The van der Waals surface area contributed by atoms with Crippen molar-refractivity contribution in [3.05, 3.63) is 48.0 Å². The second-order valence-electron chi connectivity index (χ2n) is 6.44. The number of aliphatic hydroxyl groups excluding tert-OH is 1. The summed E-state index contributed by atoms with van der Waals surface area (Å²) < 4.78 is 5.74. The van der Waals surface area contributed by atoms with Crippen LogP contribution >= 0.6 is 0 Å². The van der Waals surface area contributed by atoms with Gasteiger partial charge in [-0.2, -0.15) is 0 Å². The molecule has 5 nitrogen and oxygen atoms in total. The Labute approximate surface area is 138 Å². The highest BCUT2D eigenvalue weighted by Crippen LogP contribution is 2.20. The maximum Gasteiger partial charge on any atom is 0.408 e. The van der Waals surface area contributed by atoms with Crippen LogP contribution in [0.3, 0.4) is 0 Å². The highest BCUT2D eigenvalue weighted by Gasteiger charge is 2.32. The Bertz CT molecular complexity index is 522. The Kier molecular flexibility index (Phi) is 7.26. The maximum atomic E-state index is 11.6. The molecule has 0 bridgehead atoms. The second-order valence-corrected chi connectivity index (χ2v) is 6.44. The minimum absolute atomic E-state index is 0.0428. The van der Waals surface area contributed by atoms with Gasteiger partial charge in [0.2, 0.25) is 0 Å². The molecule has 0 aliphatic rings. The van der Waals surface area contributed by atoms with Gasteiger partial charge in [-0.05, 0) is 38.3 Å². The molecule has 5 heteroatoms. The van der Waals surface area contributed by atoms with Gasteiger partial charge in [0.15, 0.2) is 0 Å². The van der Waals surface area contributed by atoms with Crippen molar-refractivity contribution in [3.63, 3.8) is 0 Å². The third-order valence-electron chi connectivity index (χ3n) is 3.59. The first kappa shape index (κ1) is 19.2. The smallest absolute Gasteiger partial charge is 0.408 e. The number of amides is 1. The minimum atomic E-state index is -0.969. The van der Waals surface area contributed by atoms with E-state index in [2.05, 4.69) is 6.58 Å². The van der Waals surface area contributed by atoms with Crippen LogP contribution in [0.2, 0.25) is 0 Å². The van der Waals surface area contributed by atoms with Crippen molar-refractivity contribution in [2.24, 2.45) is 0 Å². The summed E-state index contributed by atoms with van der Waals surface area (Å²) in [4.78, 5) is 13.0. The predicted molar refractivity (Wildman–Crippen MR) is 90.2 cm³/mol. The topological polar surface area (TPSA) is 70.0 Å². The normalized spacial score (nSPS) is 12.7. The van der Waals surface area contributed by atoms with Crippen LogP contribution in [0.25, 0.3) is 0 Å². The van der Waals surface area contributed by atoms with Crippen LogP contribution in [-0.4, -0.2) is 39.4 Å². The molecule has 23 heavy (non-hydrogen) atoms. The molecule has 0 heterocycles. The molecule has 1 rings (SSSR count). The van der Waals surface area contributed by atoms with Gasteiger partial charge in [0.25, 0.3) is 0 Å². The van der Waals surface area contributed by atoms with Crippen molar-refractivity contribution < 1.29 is 19.7 Å². The molecule has 0 saturated carbocycles. The first-order valence-electron chi connectivity index (χ1n) is 7.69. The molecule has 0 saturated heterocycles. The van der Waals surface area contributed by atoms with Crippen LogP contribution in [0.4, 0.5) is 4.79 Å². The largest absolute Gasteiger partial charge is 0.465 e. The second kappa shape index (κ2) is 8.70. The lowest BCUT2D eigenvalue weighted by Crippen LogP contribution is -2.52. The average Bonchev–Trinajstić information content (AvgIpc) is 2.46. The lowest BCUT2D eigenvalue weighted by molar-refractivity contribution is 0.0160. The SMILES string of the molecule is C=CCC(COCc1ccccc1CO)N(C(=O)O)C(C)(C)C. The van der Waals surface area contributed by atoms with Gasteiger partial charge in [-0.3, -0.25) is 4.90 Å². The van der Waals surface area contributed by atoms with Crippen LogP contribution in [0.5, 0.6) is 0 Å². The fourth-order valence-electron chi connectivity index (χ4n) is 2.59. The number of benzene rings is 1. The Morgan fingerprint density at radius 2 is 1.96 bits per heavy atom. The minimum Gasteiger partial charge on any atom is -0.465 e. The molecule has 0 aromatic heterocycles. The third kappa shape index (κ3) is 5.69. The first-order chi connectivity index (χ1) is 10.8. The van der Waals surface area contributed by atoms with Crippen LogP contribution in [0, 0.1) is 0 Å². The number of hydrogen-bond acceptors (Lipinski definition) is 3. The lowest BCUT2D eigenvalue weighted by atomic mass is 10.0. The van der Waals surface area contributed by atoms with E-state index in [0.717, 1.165) is 11.1 Å². The highest BCUT2D eigenvalue weighted by molar-refractivity contribution is 5.66. The molecular formula is C18H27NO4. The molecule has 1 aromatic carbocycles. The summed E-state index contributed by atoms with van der Waals surface area (Å²) in [5.74, 6) is 0. The number of carboxylic acid groups (broad SMARTS) is 1. The zero-order chi connectivity index (χ0) is 17.5. The summed E-state index contributed by atoms with van der Waals surface area (Å²) in [6, 6.07) is 7.19. The Hall–Kier alpha value is -1.85. The quantitative estimate of drug-likeness (QED) is 0.720. The number of carbonyl (C=O) groups is 1. The molecule has 1 unspecified atom stereocenters. The summed E-state index contributed by atoms with van der Waals surface area (Å²) in [5, 5.41) is 18.8. The van der Waals surface area contributed by atoms with Crippen LogP contribution in [-0.2, 0) is 18.0 Å². The van der Waals surface area contributed by atoms with Crippen molar-refractivity contribution in [2.45, 2.75) is 52.0 Å². The summed E-state index contributed by atoms with van der Waals surface area (Å²) >= 11 is 0. The standard InChI is InChI=1S/C18H27NO4/c1-5-8-16(19(17(21)22)18(2,3)4)13-23-12-15-10-7-6-9-14(15)11-20/h5-7,9-10,16,20H,1,8,11-13H2,2-4H3,(H,21,22). The lowest BCUT2D eigenvalue weighted by Gasteiger charge is -2.39. The van der Waals surface area contributed by atoms with E-state index < -0.39 is 11.6 Å². The number of rotatable bonds is 8. The molecule has 1 amide bonds. The maximum absolute atomic E-state index is 11.6. The van der Waals surface area contributed by atoms with Crippen molar-refractivity contribution in [2.75, 3.05) is 6.61 Å². The van der Waals surface area contributed by atoms with Gasteiger partial charge in [-0.15, -0.1) is 6.58 Å². The van der Waals surface area contributed by atoms with Gasteiger partial charge in [-0.1, -0.05) is 30.3 Å². The molecule has 128 valence electrons. The van der Waals surface area contributed by atoms with Crippen molar-refractivity contribution >= 4 is 6.09 Å². The van der Waals surface area contributed by atoms with E-state index in [0.29, 0.717) is 13.0 Å². The number of nitrogens with zero attached hydrogens (tertiary/aromatic N) is 1. The van der Waals surface area contributed by atoms with Crippen molar-refractivity contribution in [1.82, 2.24) is 4.90 Å². The van der Waals surface area contributed by atoms with E-state index in [1.165, 1.54) is 4.90 Å². The van der Waals surface area contributed by atoms with Gasteiger partial charge in [0.1, 0.15) is 0 Å².